The van der Waals surface area contributed by atoms with Gasteiger partial charge in [0.05, 0.1) is 31.9 Å². The van der Waals surface area contributed by atoms with Crippen LogP contribution in [0.3, 0.4) is 0 Å². The number of amides is 2. The van der Waals surface area contributed by atoms with Crippen molar-refractivity contribution in [2.75, 3.05) is 36.0 Å². The van der Waals surface area contributed by atoms with E-state index in [2.05, 4.69) is 10.2 Å². The van der Waals surface area contributed by atoms with Crippen molar-refractivity contribution in [2.24, 2.45) is 0 Å². The Bertz CT molecular complexity index is 1090. The Balaban J connectivity index is 1.69. The largest absolute Gasteiger partial charge is 0.360 e. The lowest BCUT2D eigenvalue weighted by molar-refractivity contribution is -0.655. The first-order chi connectivity index (χ1) is 13.6. The summed E-state index contributed by atoms with van der Waals surface area (Å²) in [4.78, 5) is 30.3. The Morgan fingerprint density at radius 3 is 2.32 bits per heavy atom. The number of imide groups is 1. The van der Waals surface area contributed by atoms with Crippen molar-refractivity contribution in [3.8, 4) is 0 Å². The highest BCUT2D eigenvalue weighted by molar-refractivity contribution is 6.36. The second kappa shape index (κ2) is 6.46. The predicted molar refractivity (Wildman–Crippen MR) is 110 cm³/mol. The van der Waals surface area contributed by atoms with Gasteiger partial charge in [0.1, 0.15) is 0 Å². The number of carbonyl (C=O) groups excluding carboxylic acids is 2. The van der Waals surface area contributed by atoms with Crippen LogP contribution in [0.5, 0.6) is 0 Å². The van der Waals surface area contributed by atoms with E-state index < -0.39 is 0 Å². The molecule has 28 heavy (non-hydrogen) atoms. The van der Waals surface area contributed by atoms with Crippen LogP contribution in [0.1, 0.15) is 26.3 Å². The van der Waals surface area contributed by atoms with Gasteiger partial charge in [-0.15, -0.1) is 0 Å². The van der Waals surface area contributed by atoms with Crippen molar-refractivity contribution in [3.63, 3.8) is 0 Å². The molecule has 1 saturated heterocycles. The number of quaternary nitrogens is 1. The molecule has 0 unspecified atom stereocenters. The number of carbonyl (C=O) groups is 2. The Hall–Kier alpha value is -3.18. The van der Waals surface area contributed by atoms with Crippen LogP contribution < -0.4 is 15.1 Å². The van der Waals surface area contributed by atoms with E-state index in [1.165, 1.54) is 4.90 Å². The lowest BCUT2D eigenvalue weighted by Crippen LogP contribution is -2.89. The van der Waals surface area contributed by atoms with E-state index in [9.17, 15) is 9.59 Å². The monoisotopic (exact) mass is 372 g/mol. The molecule has 5 nitrogen and oxygen atoms in total. The summed E-state index contributed by atoms with van der Waals surface area (Å²) < 4.78 is 0. The summed E-state index contributed by atoms with van der Waals surface area (Å²) in [6.07, 6.45) is 0. The molecule has 3 aromatic carbocycles. The molecule has 3 aromatic rings. The van der Waals surface area contributed by atoms with Gasteiger partial charge in [-0.2, -0.15) is 0 Å². The summed E-state index contributed by atoms with van der Waals surface area (Å²) >= 11 is 0. The third-order valence-corrected chi connectivity index (χ3v) is 5.69. The first-order valence-electron chi connectivity index (χ1n) is 9.73. The molecule has 0 saturated carbocycles. The molecule has 0 spiro atoms. The number of hydrogen-bond acceptors (Lipinski definition) is 3. The highest BCUT2D eigenvalue weighted by Crippen LogP contribution is 2.37. The number of hydrogen-bond donors (Lipinski definition) is 1. The number of aryl methyl sites for hydroxylation is 1. The quantitative estimate of drug-likeness (QED) is 0.703. The number of rotatable bonds is 2. The van der Waals surface area contributed by atoms with Gasteiger partial charge in [0, 0.05) is 27.6 Å². The van der Waals surface area contributed by atoms with E-state index in [4.69, 9.17) is 0 Å². The molecule has 2 aliphatic rings. The van der Waals surface area contributed by atoms with Gasteiger partial charge in [0.2, 0.25) is 0 Å². The second-order valence-corrected chi connectivity index (χ2v) is 7.50. The maximum absolute atomic E-state index is 13.3. The highest BCUT2D eigenvalue weighted by Gasteiger charge is 2.35. The zero-order chi connectivity index (χ0) is 19.3. The van der Waals surface area contributed by atoms with Gasteiger partial charge in [-0.05, 0) is 42.8 Å². The molecule has 0 aliphatic carbocycles. The normalized spacial score (nSPS) is 16.8. The minimum Gasteiger partial charge on any atom is -0.360 e. The van der Waals surface area contributed by atoms with Crippen LogP contribution in [-0.4, -0.2) is 38.0 Å². The first-order valence-corrected chi connectivity index (χ1v) is 9.73. The van der Waals surface area contributed by atoms with Gasteiger partial charge in [0.25, 0.3) is 11.8 Å². The average molecular weight is 372 g/mol. The van der Waals surface area contributed by atoms with Crippen molar-refractivity contribution in [1.29, 1.82) is 0 Å². The maximum atomic E-state index is 13.3. The average Bonchev–Trinajstić information content (AvgIpc) is 2.72. The fourth-order valence-corrected chi connectivity index (χ4v) is 4.35. The van der Waals surface area contributed by atoms with E-state index in [0.717, 1.165) is 48.2 Å². The summed E-state index contributed by atoms with van der Waals surface area (Å²) in [5.74, 6) is -0.504. The van der Waals surface area contributed by atoms with Crippen molar-refractivity contribution in [2.45, 2.75) is 6.92 Å². The minimum atomic E-state index is -0.252. The maximum Gasteiger partial charge on any atom is 0.265 e. The zero-order valence-electron chi connectivity index (χ0n) is 15.8. The molecule has 2 heterocycles. The van der Waals surface area contributed by atoms with Crippen molar-refractivity contribution >= 4 is 34.0 Å². The Kier molecular flexibility index (Phi) is 3.91. The number of nitrogens with zero attached hydrogens (tertiary/aromatic N) is 2. The van der Waals surface area contributed by atoms with E-state index in [-0.39, 0.29) is 11.8 Å². The van der Waals surface area contributed by atoms with Crippen LogP contribution in [0.25, 0.3) is 10.8 Å². The molecule has 1 fully saturated rings. The minimum absolute atomic E-state index is 0.252. The summed E-state index contributed by atoms with van der Waals surface area (Å²) in [5.41, 5.74) is 3.93. The second-order valence-electron chi connectivity index (χ2n) is 7.50. The lowest BCUT2D eigenvalue weighted by atomic mass is 9.92. The van der Waals surface area contributed by atoms with Gasteiger partial charge in [-0.3, -0.25) is 9.59 Å². The van der Waals surface area contributed by atoms with E-state index in [1.54, 1.807) is 0 Å². The number of anilines is 2. The van der Waals surface area contributed by atoms with Crippen molar-refractivity contribution in [1.82, 2.24) is 0 Å². The van der Waals surface area contributed by atoms with Crippen LogP contribution in [0, 0.1) is 6.92 Å². The summed E-state index contributed by atoms with van der Waals surface area (Å²) in [6.45, 7) is 6.01. The molecule has 5 heteroatoms. The SMILES string of the molecule is Cc1cccc(N2C(=O)c3cccc4c(N5CC[NH2+]CC5)ccc(c34)C2=O)c1. The van der Waals surface area contributed by atoms with Gasteiger partial charge in [-0.1, -0.05) is 24.3 Å². The standard InChI is InChI=1S/C23H21N3O2/c1-15-4-2-5-16(14-15)26-22(27)18-7-3-6-17-20(25-12-10-24-11-13-25)9-8-19(21(17)18)23(26)28/h2-9,14,24H,10-13H2,1H3/p+1. The van der Waals surface area contributed by atoms with E-state index >= 15 is 0 Å². The Morgan fingerprint density at radius 1 is 0.857 bits per heavy atom. The number of nitrogens with two attached hydrogens (primary N) is 1. The molecular formula is C23H22N3O2+. The Labute approximate surface area is 163 Å². The molecule has 2 N–H and O–H groups in total. The van der Waals surface area contributed by atoms with Crippen LogP contribution in [0.2, 0.25) is 0 Å². The molecule has 0 radical (unpaired) electrons. The molecule has 0 bridgehead atoms. The van der Waals surface area contributed by atoms with Crippen LogP contribution in [-0.2, 0) is 0 Å². The number of piperazine rings is 1. The molecule has 140 valence electrons. The topological polar surface area (TPSA) is 57.2 Å². The first kappa shape index (κ1) is 17.0. The lowest BCUT2D eigenvalue weighted by Gasteiger charge is -2.31. The third-order valence-electron chi connectivity index (χ3n) is 5.69. The summed E-state index contributed by atoms with van der Waals surface area (Å²) in [7, 11) is 0. The Morgan fingerprint density at radius 2 is 1.57 bits per heavy atom. The van der Waals surface area contributed by atoms with E-state index in [0.29, 0.717) is 16.8 Å². The zero-order valence-corrected chi connectivity index (χ0v) is 15.8. The smallest absolute Gasteiger partial charge is 0.265 e. The van der Waals surface area contributed by atoms with Gasteiger partial charge >= 0.3 is 0 Å². The molecule has 2 amide bonds. The van der Waals surface area contributed by atoms with E-state index in [1.807, 2.05) is 61.5 Å². The molecular weight excluding hydrogens is 350 g/mol. The predicted octanol–water partition coefficient (Wildman–Crippen LogP) is 2.33. The van der Waals surface area contributed by atoms with Crippen molar-refractivity contribution < 1.29 is 14.9 Å². The highest BCUT2D eigenvalue weighted by atomic mass is 16.2. The van der Waals surface area contributed by atoms with Gasteiger partial charge < -0.3 is 10.2 Å². The van der Waals surface area contributed by atoms with Gasteiger partial charge in [0.15, 0.2) is 0 Å². The molecule has 5 rings (SSSR count). The molecule has 0 atom stereocenters. The van der Waals surface area contributed by atoms with Crippen LogP contribution >= 0.6 is 0 Å². The molecule has 0 aromatic heterocycles. The van der Waals surface area contributed by atoms with Crippen molar-refractivity contribution in [3.05, 3.63) is 71.3 Å². The molecule has 2 aliphatic heterocycles. The van der Waals surface area contributed by atoms with Crippen LogP contribution in [0.4, 0.5) is 11.4 Å². The fourth-order valence-electron chi connectivity index (χ4n) is 4.35. The summed E-state index contributed by atoms with van der Waals surface area (Å²) in [5, 5.41) is 4.09. The third kappa shape index (κ3) is 2.51. The number of benzene rings is 3. The fraction of sp³-hybridized carbons (Fsp3) is 0.217. The van der Waals surface area contributed by atoms with Gasteiger partial charge in [-0.25, -0.2) is 4.90 Å². The summed E-state index contributed by atoms with van der Waals surface area (Å²) in [6, 6.07) is 17.2. The van der Waals surface area contributed by atoms with Crippen LogP contribution in [0.15, 0.2) is 54.6 Å².